The van der Waals surface area contributed by atoms with Gasteiger partial charge >= 0.3 is 5.97 Å². The summed E-state index contributed by atoms with van der Waals surface area (Å²) in [5.74, 6) is -0.277. The Morgan fingerprint density at radius 1 is 1.23 bits per heavy atom. The van der Waals surface area contributed by atoms with Gasteiger partial charge in [-0.3, -0.25) is 4.79 Å². The minimum atomic E-state index is -0.775. The van der Waals surface area contributed by atoms with Gasteiger partial charge in [0.2, 0.25) is 0 Å². The number of rotatable bonds is 13. The number of benzene rings is 1. The van der Waals surface area contributed by atoms with Crippen LogP contribution in [0.2, 0.25) is 5.02 Å². The zero-order valence-corrected chi connectivity index (χ0v) is 17.9. The molecule has 4 N–H and O–H groups in total. The summed E-state index contributed by atoms with van der Waals surface area (Å²) in [6.07, 6.45) is 4.44. The second kappa shape index (κ2) is 12.8. The lowest BCUT2D eigenvalue weighted by molar-refractivity contribution is -0.137. The number of halogens is 1. The molecule has 0 bridgehead atoms. The second-order valence-electron chi connectivity index (χ2n) is 7.98. The molecule has 0 saturated heterocycles. The number of carbonyl (C=O) groups is 1. The van der Waals surface area contributed by atoms with Crippen molar-refractivity contribution in [3.8, 4) is 5.75 Å². The maximum Gasteiger partial charge on any atom is 0.303 e. The molecule has 0 heterocycles. The average Bonchev–Trinajstić information content (AvgIpc) is 3.02. The highest BCUT2D eigenvalue weighted by molar-refractivity contribution is 6.30. The average molecular weight is 442 g/mol. The molecule has 0 aliphatic heterocycles. The van der Waals surface area contributed by atoms with Gasteiger partial charge in [0.1, 0.15) is 12.4 Å². The predicted octanol–water partition coefficient (Wildman–Crippen LogP) is 4.11. The Morgan fingerprint density at radius 3 is 2.70 bits per heavy atom. The number of hydrogen-bond donors (Lipinski definition) is 4. The van der Waals surface area contributed by atoms with E-state index in [1.165, 1.54) is 0 Å². The highest BCUT2D eigenvalue weighted by atomic mass is 35.5. The molecule has 30 heavy (non-hydrogen) atoms. The highest BCUT2D eigenvalue weighted by Gasteiger charge is 2.39. The summed E-state index contributed by atoms with van der Waals surface area (Å²) < 4.78 is 5.58. The van der Waals surface area contributed by atoms with Gasteiger partial charge in [-0.2, -0.15) is 0 Å². The van der Waals surface area contributed by atoms with Crippen molar-refractivity contribution >= 4 is 23.3 Å². The summed E-state index contributed by atoms with van der Waals surface area (Å²) in [6.45, 7) is 0.134. The number of carboxylic acid groups (broad SMARTS) is 1. The molecule has 7 nitrogen and oxygen atoms in total. The first-order valence-electron chi connectivity index (χ1n) is 10.6. The van der Waals surface area contributed by atoms with Crippen LogP contribution in [0.15, 0.2) is 29.4 Å². The number of aliphatic hydroxyl groups excluding tert-OH is 2. The van der Waals surface area contributed by atoms with Crippen LogP contribution in [0.4, 0.5) is 0 Å². The molecule has 1 saturated carbocycles. The molecule has 1 fully saturated rings. The quantitative estimate of drug-likeness (QED) is 0.208. The third-order valence-corrected chi connectivity index (χ3v) is 5.95. The maximum absolute atomic E-state index is 10.6. The second-order valence-corrected chi connectivity index (χ2v) is 8.42. The largest absolute Gasteiger partial charge is 0.491 e. The number of nitrogens with zero attached hydrogens (tertiary/aromatic N) is 1. The van der Waals surface area contributed by atoms with Gasteiger partial charge in [-0.15, -0.1) is 0 Å². The van der Waals surface area contributed by atoms with Gasteiger partial charge in [0.05, 0.1) is 17.9 Å². The van der Waals surface area contributed by atoms with Crippen molar-refractivity contribution < 1.29 is 30.1 Å². The molecule has 0 radical (unpaired) electrons. The maximum atomic E-state index is 10.6. The SMILES string of the molecule is O=C(O)CCCCCCC1C(O)C/C(=N/O)C1CCC(O)COc1cccc(Cl)c1. The number of aliphatic hydroxyl groups is 2. The van der Waals surface area contributed by atoms with E-state index in [1.807, 2.05) is 0 Å². The fourth-order valence-corrected chi connectivity index (χ4v) is 4.32. The molecule has 2 rings (SSSR count). The monoisotopic (exact) mass is 441 g/mol. The summed E-state index contributed by atoms with van der Waals surface area (Å²) in [4.78, 5) is 10.6. The van der Waals surface area contributed by atoms with Crippen molar-refractivity contribution in [1.82, 2.24) is 0 Å². The molecular formula is C22H32ClNO6. The van der Waals surface area contributed by atoms with E-state index in [-0.39, 0.29) is 24.9 Å². The number of oxime groups is 1. The zero-order valence-electron chi connectivity index (χ0n) is 17.1. The molecular weight excluding hydrogens is 410 g/mol. The predicted molar refractivity (Wildman–Crippen MR) is 114 cm³/mol. The van der Waals surface area contributed by atoms with Gasteiger partial charge in [-0.25, -0.2) is 0 Å². The van der Waals surface area contributed by atoms with Crippen LogP contribution in [0.1, 0.15) is 57.8 Å². The Morgan fingerprint density at radius 2 is 2.00 bits per heavy atom. The van der Waals surface area contributed by atoms with Gasteiger partial charge in [0.25, 0.3) is 0 Å². The number of hydrogen-bond acceptors (Lipinski definition) is 6. The van der Waals surface area contributed by atoms with Gasteiger partial charge in [-0.1, -0.05) is 42.1 Å². The van der Waals surface area contributed by atoms with Crippen LogP contribution < -0.4 is 4.74 Å². The van der Waals surface area contributed by atoms with Gasteiger partial charge < -0.3 is 25.3 Å². The fourth-order valence-electron chi connectivity index (χ4n) is 4.14. The molecule has 8 heteroatoms. The lowest BCUT2D eigenvalue weighted by atomic mass is 9.85. The van der Waals surface area contributed by atoms with Crippen LogP contribution in [0, 0.1) is 11.8 Å². The number of carboxylic acids is 1. The van der Waals surface area contributed by atoms with Crippen LogP contribution >= 0.6 is 11.6 Å². The summed E-state index contributed by atoms with van der Waals surface area (Å²) in [6, 6.07) is 6.98. The summed E-state index contributed by atoms with van der Waals surface area (Å²) in [5.41, 5.74) is 0.585. The van der Waals surface area contributed by atoms with Crippen molar-refractivity contribution in [3.05, 3.63) is 29.3 Å². The first-order chi connectivity index (χ1) is 14.4. The van der Waals surface area contributed by atoms with Crippen LogP contribution in [-0.2, 0) is 4.79 Å². The fraction of sp³-hybridized carbons (Fsp3) is 0.636. The van der Waals surface area contributed by atoms with Crippen LogP contribution in [-0.4, -0.2) is 51.0 Å². The molecule has 0 spiro atoms. The standard InChI is InChI=1S/C22H32ClNO6/c23-15-6-5-7-17(12-15)30-14-16(25)10-11-18-19(21(26)13-20(18)24-29)8-3-1-2-4-9-22(27)28/h5-7,12,16,18-19,21,25-26,29H,1-4,8-11,13-14H2,(H,27,28)/b24-20-. The summed E-state index contributed by atoms with van der Waals surface area (Å²) in [5, 5.41) is 42.7. The molecule has 4 atom stereocenters. The molecule has 1 aliphatic rings. The van der Waals surface area contributed by atoms with Gasteiger partial charge in [0, 0.05) is 23.8 Å². The first-order valence-corrected chi connectivity index (χ1v) is 11.0. The molecule has 168 valence electrons. The smallest absolute Gasteiger partial charge is 0.303 e. The van der Waals surface area contributed by atoms with Crippen LogP contribution in [0.3, 0.4) is 0 Å². The topological polar surface area (TPSA) is 120 Å². The lowest BCUT2D eigenvalue weighted by Gasteiger charge is -2.23. The van der Waals surface area contributed by atoms with Crippen molar-refractivity contribution in [2.24, 2.45) is 17.0 Å². The Hall–Kier alpha value is -1.83. The normalized spacial score (nSPS) is 23.6. The van der Waals surface area contributed by atoms with Crippen molar-refractivity contribution in [2.75, 3.05) is 6.61 Å². The first kappa shape index (κ1) is 24.4. The molecule has 0 aromatic heterocycles. The van der Waals surface area contributed by atoms with Gasteiger partial charge in [0.15, 0.2) is 0 Å². The Labute approximate surface area is 182 Å². The minimum absolute atomic E-state index is 0.0172. The van der Waals surface area contributed by atoms with E-state index in [4.69, 9.17) is 21.4 Å². The van der Waals surface area contributed by atoms with E-state index in [2.05, 4.69) is 5.16 Å². The van der Waals surface area contributed by atoms with E-state index in [0.717, 1.165) is 25.7 Å². The van der Waals surface area contributed by atoms with Gasteiger partial charge in [-0.05, 0) is 49.8 Å². The van der Waals surface area contributed by atoms with Crippen molar-refractivity contribution in [2.45, 2.75) is 70.0 Å². The Kier molecular flexibility index (Phi) is 10.4. The molecule has 4 unspecified atom stereocenters. The third-order valence-electron chi connectivity index (χ3n) is 5.71. The molecule has 1 aromatic rings. The number of aliphatic carboxylic acids is 1. The molecule has 1 aromatic carbocycles. The molecule has 0 amide bonds. The Bertz CT molecular complexity index is 698. The number of unbranched alkanes of at least 4 members (excludes halogenated alkanes) is 3. The van der Waals surface area contributed by atoms with E-state index in [1.54, 1.807) is 24.3 Å². The van der Waals surface area contributed by atoms with E-state index in [9.17, 15) is 20.2 Å². The third kappa shape index (κ3) is 8.13. The van der Waals surface area contributed by atoms with Crippen molar-refractivity contribution in [3.63, 3.8) is 0 Å². The van der Waals surface area contributed by atoms with E-state index in [0.29, 0.717) is 42.2 Å². The highest BCUT2D eigenvalue weighted by Crippen LogP contribution is 2.37. The van der Waals surface area contributed by atoms with Crippen LogP contribution in [0.5, 0.6) is 5.75 Å². The summed E-state index contributed by atoms with van der Waals surface area (Å²) >= 11 is 5.92. The summed E-state index contributed by atoms with van der Waals surface area (Å²) in [7, 11) is 0. The zero-order chi connectivity index (χ0) is 21.9. The van der Waals surface area contributed by atoms with Crippen molar-refractivity contribution in [1.29, 1.82) is 0 Å². The molecule has 1 aliphatic carbocycles. The van der Waals surface area contributed by atoms with E-state index < -0.39 is 18.2 Å². The van der Waals surface area contributed by atoms with Crippen LogP contribution in [0.25, 0.3) is 0 Å². The Balaban J connectivity index is 1.77. The minimum Gasteiger partial charge on any atom is -0.491 e. The number of ether oxygens (including phenoxy) is 1. The van der Waals surface area contributed by atoms with E-state index >= 15 is 0 Å². The lowest BCUT2D eigenvalue weighted by Crippen LogP contribution is -2.24.